The molecule has 0 unspecified atom stereocenters. The van der Waals surface area contributed by atoms with Gasteiger partial charge in [0.25, 0.3) is 0 Å². The fourth-order valence-corrected chi connectivity index (χ4v) is 5.41. The zero-order valence-corrected chi connectivity index (χ0v) is 24.1. The lowest BCUT2D eigenvalue weighted by molar-refractivity contribution is 0.215. The number of anilines is 2. The van der Waals surface area contributed by atoms with E-state index < -0.39 is 0 Å². The number of hydrogen-bond donors (Lipinski definition) is 1. The summed E-state index contributed by atoms with van der Waals surface area (Å²) in [5, 5.41) is 3.31. The van der Waals surface area contributed by atoms with Crippen molar-refractivity contribution in [3.63, 3.8) is 0 Å². The minimum absolute atomic E-state index is 0.0187. The first-order chi connectivity index (χ1) is 18.2. The highest BCUT2D eigenvalue weighted by atomic mass is 16.2. The molecule has 2 amide bonds. The lowest BCUT2D eigenvalue weighted by atomic mass is 9.93. The van der Waals surface area contributed by atoms with Gasteiger partial charge in [-0.15, -0.1) is 0 Å². The van der Waals surface area contributed by atoms with Crippen molar-refractivity contribution in [1.29, 1.82) is 0 Å². The molecular formula is C32H43N5O. The summed E-state index contributed by atoms with van der Waals surface area (Å²) in [7, 11) is 0. The maximum absolute atomic E-state index is 13.6. The van der Waals surface area contributed by atoms with Gasteiger partial charge in [-0.3, -0.25) is 0 Å². The Balaban J connectivity index is 1.58. The van der Waals surface area contributed by atoms with Crippen molar-refractivity contribution in [2.24, 2.45) is 0 Å². The minimum Gasteiger partial charge on any atom is -0.354 e. The van der Waals surface area contributed by atoms with E-state index in [0.29, 0.717) is 24.3 Å². The van der Waals surface area contributed by atoms with Gasteiger partial charge in [-0.25, -0.2) is 14.8 Å². The number of para-hydroxylation sites is 1. The molecule has 1 aliphatic heterocycles. The Hall–Kier alpha value is -3.41. The molecule has 202 valence electrons. The lowest BCUT2D eigenvalue weighted by Gasteiger charge is -2.28. The van der Waals surface area contributed by atoms with Gasteiger partial charge in [-0.2, -0.15) is 0 Å². The monoisotopic (exact) mass is 513 g/mol. The molecule has 3 aromatic rings. The van der Waals surface area contributed by atoms with Gasteiger partial charge in [0.1, 0.15) is 5.82 Å². The van der Waals surface area contributed by atoms with E-state index in [2.05, 4.69) is 89.0 Å². The highest BCUT2D eigenvalue weighted by Crippen LogP contribution is 2.34. The fourth-order valence-electron chi connectivity index (χ4n) is 5.41. The van der Waals surface area contributed by atoms with E-state index in [0.717, 1.165) is 54.6 Å². The van der Waals surface area contributed by atoms with Crippen LogP contribution in [0.2, 0.25) is 0 Å². The number of carbonyl (C=O) groups excluding carboxylic acids is 1. The Morgan fingerprint density at radius 2 is 1.45 bits per heavy atom. The van der Waals surface area contributed by atoms with E-state index in [1.807, 2.05) is 23.1 Å². The number of urea groups is 1. The molecule has 1 aromatic heterocycles. The predicted octanol–water partition coefficient (Wildman–Crippen LogP) is 7.57. The molecule has 0 spiro atoms. The molecule has 4 rings (SSSR count). The van der Waals surface area contributed by atoms with Crippen molar-refractivity contribution in [2.45, 2.75) is 72.6 Å². The topological polar surface area (TPSA) is 61.4 Å². The third-order valence-corrected chi connectivity index (χ3v) is 7.41. The molecule has 2 heterocycles. The third kappa shape index (κ3) is 6.01. The number of nitrogens with zero attached hydrogens (tertiary/aromatic N) is 4. The van der Waals surface area contributed by atoms with E-state index in [-0.39, 0.29) is 6.03 Å². The van der Waals surface area contributed by atoms with Crippen LogP contribution in [0.5, 0.6) is 0 Å². The molecule has 1 fully saturated rings. The molecule has 0 radical (unpaired) electrons. The van der Waals surface area contributed by atoms with Gasteiger partial charge in [-0.1, -0.05) is 90.1 Å². The molecule has 1 N–H and O–H groups in total. The summed E-state index contributed by atoms with van der Waals surface area (Å²) in [6.45, 7) is 18.2. The summed E-state index contributed by atoms with van der Waals surface area (Å²) in [6, 6.07) is 16.5. The third-order valence-electron chi connectivity index (χ3n) is 7.41. The Kier molecular flexibility index (Phi) is 8.70. The molecule has 38 heavy (non-hydrogen) atoms. The zero-order chi connectivity index (χ0) is 27.4. The molecule has 0 saturated carbocycles. The highest BCUT2D eigenvalue weighted by Gasteiger charge is 2.26. The van der Waals surface area contributed by atoms with Crippen LogP contribution >= 0.6 is 0 Å². The molecule has 1 saturated heterocycles. The highest BCUT2D eigenvalue weighted by molar-refractivity contribution is 5.91. The Morgan fingerprint density at radius 3 is 2.05 bits per heavy atom. The van der Waals surface area contributed by atoms with E-state index >= 15 is 0 Å². The molecule has 0 bridgehead atoms. The number of carbonyl (C=O) groups is 1. The lowest BCUT2D eigenvalue weighted by Crippen LogP contribution is -2.38. The van der Waals surface area contributed by atoms with Crippen LogP contribution in [0.25, 0.3) is 11.4 Å². The largest absolute Gasteiger partial charge is 0.354 e. The normalized spacial score (nSPS) is 14.4. The van der Waals surface area contributed by atoms with Crippen molar-refractivity contribution in [2.75, 3.05) is 36.4 Å². The molecule has 6 nitrogen and oxygen atoms in total. The van der Waals surface area contributed by atoms with Crippen molar-refractivity contribution in [3.8, 4) is 11.4 Å². The second kappa shape index (κ2) is 12.0. The molecule has 2 aromatic carbocycles. The number of aryl methyl sites for hydroxylation is 1. The first-order valence-electron chi connectivity index (χ1n) is 14.0. The van der Waals surface area contributed by atoms with Crippen LogP contribution in [-0.2, 0) is 0 Å². The maximum atomic E-state index is 13.6. The van der Waals surface area contributed by atoms with Gasteiger partial charge in [0, 0.05) is 48.7 Å². The van der Waals surface area contributed by atoms with E-state index in [9.17, 15) is 4.79 Å². The van der Waals surface area contributed by atoms with Gasteiger partial charge >= 0.3 is 6.03 Å². The van der Waals surface area contributed by atoms with Gasteiger partial charge < -0.3 is 15.1 Å². The predicted molar refractivity (Wildman–Crippen MR) is 158 cm³/mol. The summed E-state index contributed by atoms with van der Waals surface area (Å²) >= 11 is 0. The second-order valence-corrected chi connectivity index (χ2v) is 11.3. The van der Waals surface area contributed by atoms with E-state index in [1.165, 1.54) is 16.7 Å². The first-order valence-corrected chi connectivity index (χ1v) is 14.0. The number of amides is 2. The van der Waals surface area contributed by atoms with Crippen molar-refractivity contribution in [1.82, 2.24) is 14.9 Å². The number of benzene rings is 2. The average molecular weight is 514 g/mol. The SMILES string of the molecule is Cc1nc(-c2ccccc2)nc(N2CCCN(C(=O)Nc3c(C(C)C)cccc3C(C)C)CC2)c1C(C)C. The van der Waals surface area contributed by atoms with Crippen molar-refractivity contribution in [3.05, 3.63) is 70.9 Å². The summed E-state index contributed by atoms with van der Waals surface area (Å²) in [5.41, 5.74) is 6.58. The van der Waals surface area contributed by atoms with Crippen LogP contribution in [0.4, 0.5) is 16.3 Å². The van der Waals surface area contributed by atoms with Crippen LogP contribution in [0, 0.1) is 6.92 Å². The number of hydrogen-bond acceptors (Lipinski definition) is 4. The number of nitrogens with one attached hydrogen (secondary N) is 1. The van der Waals surface area contributed by atoms with Gasteiger partial charge in [0.05, 0.1) is 0 Å². The van der Waals surface area contributed by atoms with Crippen LogP contribution in [-0.4, -0.2) is 47.1 Å². The summed E-state index contributed by atoms with van der Waals surface area (Å²) < 4.78 is 0. The summed E-state index contributed by atoms with van der Waals surface area (Å²) in [6.07, 6.45) is 0.886. The van der Waals surface area contributed by atoms with E-state index in [4.69, 9.17) is 9.97 Å². The van der Waals surface area contributed by atoms with Crippen molar-refractivity contribution >= 4 is 17.5 Å². The smallest absolute Gasteiger partial charge is 0.321 e. The number of rotatable bonds is 6. The average Bonchev–Trinajstić information content (AvgIpc) is 3.15. The van der Waals surface area contributed by atoms with Gasteiger partial charge in [0.2, 0.25) is 0 Å². The summed E-state index contributed by atoms with van der Waals surface area (Å²) in [4.78, 5) is 27.8. The van der Waals surface area contributed by atoms with Crippen LogP contribution in [0.3, 0.4) is 0 Å². The van der Waals surface area contributed by atoms with Gasteiger partial charge in [0.15, 0.2) is 5.82 Å². The molecule has 0 atom stereocenters. The van der Waals surface area contributed by atoms with Crippen molar-refractivity contribution < 1.29 is 4.79 Å². The molecular weight excluding hydrogens is 470 g/mol. The summed E-state index contributed by atoms with van der Waals surface area (Å²) in [5.74, 6) is 2.73. The molecule has 1 aliphatic rings. The van der Waals surface area contributed by atoms with Crippen LogP contribution < -0.4 is 10.2 Å². The first kappa shape index (κ1) is 27.6. The second-order valence-electron chi connectivity index (χ2n) is 11.3. The Labute approximate surface area is 228 Å². The van der Waals surface area contributed by atoms with Gasteiger partial charge in [-0.05, 0) is 42.2 Å². The Morgan fingerprint density at radius 1 is 0.789 bits per heavy atom. The zero-order valence-electron chi connectivity index (χ0n) is 24.1. The molecule has 6 heteroatoms. The van der Waals surface area contributed by atoms with E-state index in [1.54, 1.807) is 0 Å². The fraction of sp³-hybridized carbons (Fsp3) is 0.469. The maximum Gasteiger partial charge on any atom is 0.321 e. The Bertz CT molecular complexity index is 1230. The molecule has 0 aliphatic carbocycles. The minimum atomic E-state index is -0.0187. The van der Waals surface area contributed by atoms with Crippen LogP contribution in [0.1, 0.15) is 88.1 Å². The van der Waals surface area contributed by atoms with Crippen LogP contribution in [0.15, 0.2) is 48.5 Å². The number of aromatic nitrogens is 2. The standard InChI is InChI=1S/C32H43N5O/c1-21(2)26-15-11-16-27(22(3)4)29(26)34-32(38)37-18-12-17-36(19-20-37)31-28(23(5)6)24(7)33-30(35-31)25-13-9-8-10-14-25/h8-11,13-16,21-23H,12,17-20H2,1-7H3,(H,34,38). The quantitative estimate of drug-likeness (QED) is 0.369.